The Hall–Kier alpha value is -5.08. The predicted octanol–water partition coefficient (Wildman–Crippen LogP) is 0.413. The SMILES string of the molecule is COc1ccc(C[C@H](N)C(=O)O[C@@H]2[C@H](OC(=O)[C@@H](N)Cc3ccc(OC)c(OC)c3)[C@@H](COP(=O)(O)O)O[C@H]2n2cnc3c(N)ncnc32)cc1OC. The van der Waals surface area contributed by atoms with E-state index in [-0.39, 0.29) is 29.8 Å². The highest BCUT2D eigenvalue weighted by atomic mass is 31.2. The summed E-state index contributed by atoms with van der Waals surface area (Å²) in [5, 5.41) is 0. The molecule has 0 saturated carbocycles. The molecule has 8 N–H and O–H groups in total. The number of phosphoric ester groups is 1. The third-order valence-electron chi connectivity index (χ3n) is 8.27. The van der Waals surface area contributed by atoms with E-state index in [0.29, 0.717) is 34.1 Å². The number of carbonyl (C=O) groups is 2. The van der Waals surface area contributed by atoms with Gasteiger partial charge in [0.15, 0.2) is 52.9 Å². The average molecular weight is 762 g/mol. The van der Waals surface area contributed by atoms with Gasteiger partial charge in [-0.05, 0) is 48.2 Å². The van der Waals surface area contributed by atoms with Gasteiger partial charge < -0.3 is 60.1 Å². The number of ether oxygens (including phenoxy) is 7. The summed E-state index contributed by atoms with van der Waals surface area (Å²) in [6, 6.07) is 7.41. The quantitative estimate of drug-likeness (QED) is 0.0763. The van der Waals surface area contributed by atoms with E-state index >= 15 is 0 Å². The van der Waals surface area contributed by atoms with Crippen LogP contribution in [-0.2, 0) is 45.7 Å². The van der Waals surface area contributed by atoms with Crippen molar-refractivity contribution in [1.29, 1.82) is 0 Å². The van der Waals surface area contributed by atoms with E-state index in [1.54, 1.807) is 36.4 Å². The monoisotopic (exact) mass is 761 g/mol. The molecule has 6 atom stereocenters. The smallest absolute Gasteiger partial charge is 0.469 e. The van der Waals surface area contributed by atoms with E-state index in [1.807, 2.05) is 0 Å². The number of carbonyl (C=O) groups excluding carboxylic acids is 2. The number of phosphoric acid groups is 1. The topological polar surface area (TPSA) is 287 Å². The minimum absolute atomic E-state index is 0.0133. The largest absolute Gasteiger partial charge is 0.493 e. The fourth-order valence-corrected chi connectivity index (χ4v) is 6.03. The van der Waals surface area contributed by atoms with Crippen LogP contribution in [0.5, 0.6) is 23.0 Å². The summed E-state index contributed by atoms with van der Waals surface area (Å²) in [7, 11) is 0.805. The van der Waals surface area contributed by atoms with Crippen molar-refractivity contribution in [3.8, 4) is 23.0 Å². The predicted molar refractivity (Wildman–Crippen MR) is 184 cm³/mol. The summed E-state index contributed by atoms with van der Waals surface area (Å²) < 4.78 is 57.0. The van der Waals surface area contributed by atoms with Crippen molar-refractivity contribution >= 4 is 36.7 Å². The zero-order chi connectivity index (χ0) is 38.4. The highest BCUT2D eigenvalue weighted by Crippen LogP contribution is 2.41. The maximum Gasteiger partial charge on any atom is 0.469 e. The average Bonchev–Trinajstić information content (AvgIpc) is 3.71. The van der Waals surface area contributed by atoms with Crippen molar-refractivity contribution < 1.29 is 61.6 Å². The van der Waals surface area contributed by atoms with Gasteiger partial charge in [-0.2, -0.15) is 0 Å². The molecule has 2 aromatic carbocycles. The van der Waals surface area contributed by atoms with Crippen LogP contribution in [-0.4, -0.2) is 107 Å². The summed E-state index contributed by atoms with van der Waals surface area (Å²) in [4.78, 5) is 58.7. The van der Waals surface area contributed by atoms with Crippen molar-refractivity contribution in [1.82, 2.24) is 19.5 Å². The Kier molecular flexibility index (Phi) is 12.3. The van der Waals surface area contributed by atoms with Gasteiger partial charge in [-0.25, -0.2) is 19.5 Å². The van der Waals surface area contributed by atoms with Crippen LogP contribution in [0.4, 0.5) is 5.82 Å². The Balaban J connectivity index is 1.46. The molecule has 1 aliphatic rings. The molecule has 2 aromatic heterocycles. The summed E-state index contributed by atoms with van der Waals surface area (Å²) in [5.74, 6) is -0.136. The molecular weight excluding hydrogens is 721 g/mol. The minimum Gasteiger partial charge on any atom is -0.493 e. The first-order valence-electron chi connectivity index (χ1n) is 15.9. The van der Waals surface area contributed by atoms with Gasteiger partial charge in [0.25, 0.3) is 0 Å². The van der Waals surface area contributed by atoms with Crippen LogP contribution >= 0.6 is 7.82 Å². The number of nitrogens with two attached hydrogens (primary N) is 3. The van der Waals surface area contributed by atoms with E-state index in [4.69, 9.17) is 54.9 Å². The van der Waals surface area contributed by atoms with Gasteiger partial charge in [-0.1, -0.05) is 12.1 Å². The zero-order valence-corrected chi connectivity index (χ0v) is 30.0. The molecule has 5 rings (SSSR count). The lowest BCUT2D eigenvalue weighted by atomic mass is 10.0. The first kappa shape index (κ1) is 39.1. The molecule has 4 aromatic rings. The highest BCUT2D eigenvalue weighted by molar-refractivity contribution is 7.46. The molecule has 286 valence electrons. The van der Waals surface area contributed by atoms with Crippen LogP contribution in [0.15, 0.2) is 49.1 Å². The Bertz CT molecular complexity index is 1980. The summed E-state index contributed by atoms with van der Waals surface area (Å²) in [6.45, 7) is -0.806. The first-order valence-corrected chi connectivity index (χ1v) is 17.4. The molecule has 53 heavy (non-hydrogen) atoms. The number of nitrogens with zero attached hydrogens (tertiary/aromatic N) is 4. The van der Waals surface area contributed by atoms with Gasteiger partial charge in [-0.3, -0.25) is 18.7 Å². The lowest BCUT2D eigenvalue weighted by Gasteiger charge is -2.27. The zero-order valence-electron chi connectivity index (χ0n) is 29.1. The Labute approximate surface area is 302 Å². The van der Waals surface area contributed by atoms with Crippen LogP contribution in [0.3, 0.4) is 0 Å². The number of methoxy groups -OCH3 is 4. The van der Waals surface area contributed by atoms with Crippen molar-refractivity contribution in [2.45, 2.75) is 49.5 Å². The van der Waals surface area contributed by atoms with E-state index in [9.17, 15) is 23.9 Å². The maximum atomic E-state index is 13.7. The normalized spacial score (nSPS) is 19.7. The summed E-state index contributed by atoms with van der Waals surface area (Å²) >= 11 is 0. The number of fused-ring (bicyclic) bond motifs is 1. The van der Waals surface area contributed by atoms with E-state index in [0.717, 1.165) is 0 Å². The summed E-state index contributed by atoms with van der Waals surface area (Å²) in [5.41, 5.74) is 20.1. The number of hydrogen-bond acceptors (Lipinski definition) is 17. The Morgan fingerprint density at radius 2 is 1.36 bits per heavy atom. The van der Waals surface area contributed by atoms with E-state index < -0.39 is 63.0 Å². The number of aromatic nitrogens is 4. The van der Waals surface area contributed by atoms with E-state index in [1.165, 1.54) is 45.7 Å². The number of rotatable bonds is 16. The van der Waals surface area contributed by atoms with Crippen LogP contribution in [0.1, 0.15) is 17.4 Å². The van der Waals surface area contributed by atoms with Gasteiger partial charge >= 0.3 is 19.8 Å². The maximum absolute atomic E-state index is 13.7. The van der Waals surface area contributed by atoms with E-state index in [2.05, 4.69) is 15.0 Å². The summed E-state index contributed by atoms with van der Waals surface area (Å²) in [6.07, 6.45) is -3.45. The van der Waals surface area contributed by atoms with Gasteiger partial charge in [0, 0.05) is 0 Å². The number of esters is 2. The van der Waals surface area contributed by atoms with Crippen molar-refractivity contribution in [2.24, 2.45) is 11.5 Å². The van der Waals surface area contributed by atoms with Gasteiger partial charge in [-0.15, -0.1) is 0 Å². The third-order valence-corrected chi connectivity index (χ3v) is 8.76. The van der Waals surface area contributed by atoms with Crippen molar-refractivity contribution in [3.05, 3.63) is 60.2 Å². The lowest BCUT2D eigenvalue weighted by molar-refractivity contribution is -0.170. The molecule has 20 nitrogen and oxygen atoms in total. The van der Waals surface area contributed by atoms with Crippen LogP contribution in [0.2, 0.25) is 0 Å². The molecule has 0 spiro atoms. The third kappa shape index (κ3) is 9.11. The highest BCUT2D eigenvalue weighted by Gasteiger charge is 2.52. The van der Waals surface area contributed by atoms with Gasteiger partial charge in [0.1, 0.15) is 30.0 Å². The fourth-order valence-electron chi connectivity index (χ4n) is 5.69. The standard InChI is InChI=1S/C32H40N7O13P/c1-45-20-7-5-16(11-22(20)47-3)9-18(33)31(40)51-26-24(13-49-53(42,43)44)50-30(39-15-38-25-28(35)36-14-37-29(25)39)27(26)52-32(41)19(34)10-17-6-8-21(46-2)23(12-17)48-4/h5-8,11-12,14-15,18-19,24,26-27,30H,9-10,13,33-34H2,1-4H3,(H2,35,36,37)(H2,42,43,44)/t18-,19-,24+,26+,27+,30+/m0/s1. The Morgan fingerprint density at radius 1 is 0.830 bits per heavy atom. The molecule has 0 radical (unpaired) electrons. The molecule has 0 amide bonds. The number of nitrogen functional groups attached to an aromatic ring is 1. The number of anilines is 1. The second-order valence-corrected chi connectivity index (χ2v) is 13.0. The molecular formula is C32H40N7O13P. The molecule has 21 heteroatoms. The second kappa shape index (κ2) is 16.7. The molecule has 0 bridgehead atoms. The fraction of sp³-hybridized carbons (Fsp3) is 0.406. The first-order chi connectivity index (χ1) is 25.3. The number of imidazole rings is 1. The molecule has 0 aliphatic carbocycles. The minimum atomic E-state index is -5.07. The molecule has 1 fully saturated rings. The molecule has 0 unspecified atom stereocenters. The number of hydrogen-bond donors (Lipinski definition) is 5. The van der Waals surface area contributed by atoms with Crippen molar-refractivity contribution in [2.75, 3.05) is 40.8 Å². The number of benzene rings is 2. The lowest BCUT2D eigenvalue weighted by Crippen LogP contribution is -2.47. The molecule has 1 saturated heterocycles. The molecule has 1 aliphatic heterocycles. The van der Waals surface area contributed by atoms with Crippen LogP contribution in [0, 0.1) is 0 Å². The molecule has 3 heterocycles. The van der Waals surface area contributed by atoms with Crippen LogP contribution in [0.25, 0.3) is 11.2 Å². The van der Waals surface area contributed by atoms with Crippen LogP contribution < -0.4 is 36.1 Å². The second-order valence-electron chi connectivity index (χ2n) is 11.7. The van der Waals surface area contributed by atoms with Gasteiger partial charge in [0.2, 0.25) is 0 Å². The van der Waals surface area contributed by atoms with Crippen molar-refractivity contribution in [3.63, 3.8) is 0 Å². The van der Waals surface area contributed by atoms with Gasteiger partial charge in [0.05, 0.1) is 41.4 Å². The Morgan fingerprint density at radius 3 is 1.87 bits per heavy atom.